The van der Waals surface area contributed by atoms with Crippen LogP contribution in [0.3, 0.4) is 0 Å². The van der Waals surface area contributed by atoms with E-state index in [2.05, 4.69) is 20.4 Å². The topological polar surface area (TPSA) is 93.4 Å². The summed E-state index contributed by atoms with van der Waals surface area (Å²) >= 11 is 0. The Morgan fingerprint density at radius 1 is 1.52 bits per heavy atom. The number of hydrogen-bond acceptors (Lipinski definition) is 6. The largest absolute Gasteiger partial charge is 0.381 e. The average molecular weight is 293 g/mol. The summed E-state index contributed by atoms with van der Waals surface area (Å²) in [6, 6.07) is 3.71. The molecule has 116 valence electrons. The Morgan fingerprint density at radius 2 is 2.33 bits per heavy atom. The fourth-order valence-electron chi connectivity index (χ4n) is 2.60. The van der Waals surface area contributed by atoms with E-state index in [1.165, 1.54) is 0 Å². The minimum absolute atomic E-state index is 0.188. The van der Waals surface area contributed by atoms with Gasteiger partial charge in [0.05, 0.1) is 6.10 Å². The number of nitrogens with one attached hydrogen (secondary N) is 1. The Kier molecular flexibility index (Phi) is 5.46. The number of ether oxygens (including phenoxy) is 1. The molecule has 0 aliphatic carbocycles. The molecule has 1 aliphatic heterocycles. The number of carbonyl (C=O) groups is 1. The van der Waals surface area contributed by atoms with Gasteiger partial charge >= 0.3 is 0 Å². The second-order valence-corrected chi connectivity index (χ2v) is 5.10. The number of methoxy groups -OCH3 is 1. The van der Waals surface area contributed by atoms with Gasteiger partial charge in [0.15, 0.2) is 11.5 Å². The number of nitrogens with zero attached hydrogens (tertiary/aromatic N) is 3. The molecule has 3 N–H and O–H groups in total. The highest BCUT2D eigenvalue weighted by Gasteiger charge is 2.28. The molecule has 0 radical (unpaired) electrons. The van der Waals surface area contributed by atoms with E-state index in [9.17, 15) is 4.79 Å². The minimum Gasteiger partial charge on any atom is -0.381 e. The molecule has 7 heteroatoms. The molecule has 2 heterocycles. The summed E-state index contributed by atoms with van der Waals surface area (Å²) in [5.41, 5.74) is 6.19. The maximum absolute atomic E-state index is 11.7. The second kappa shape index (κ2) is 7.33. The first-order chi connectivity index (χ1) is 10.2. The lowest BCUT2D eigenvalue weighted by Gasteiger charge is -2.38. The Morgan fingerprint density at radius 3 is 2.90 bits per heavy atom. The van der Waals surface area contributed by atoms with Crippen LogP contribution in [0.5, 0.6) is 0 Å². The maximum atomic E-state index is 11.7. The van der Waals surface area contributed by atoms with E-state index in [0.717, 1.165) is 25.2 Å². The van der Waals surface area contributed by atoms with Gasteiger partial charge in [-0.05, 0) is 31.9 Å². The van der Waals surface area contributed by atoms with Crippen LogP contribution in [0, 0.1) is 0 Å². The third kappa shape index (κ3) is 3.68. The maximum Gasteiger partial charge on any atom is 0.271 e. The minimum atomic E-state index is -0.204. The summed E-state index contributed by atoms with van der Waals surface area (Å²) in [4.78, 5) is 13.8. The van der Waals surface area contributed by atoms with Crippen LogP contribution < -0.4 is 16.0 Å². The van der Waals surface area contributed by atoms with Crippen molar-refractivity contribution in [1.29, 1.82) is 0 Å². The molecule has 2 atom stereocenters. The highest BCUT2D eigenvalue weighted by molar-refractivity contribution is 5.92. The first kappa shape index (κ1) is 15.7. The van der Waals surface area contributed by atoms with Crippen LogP contribution in [0.15, 0.2) is 12.1 Å². The van der Waals surface area contributed by atoms with Gasteiger partial charge in [0.1, 0.15) is 0 Å². The highest BCUT2D eigenvalue weighted by atomic mass is 16.5. The van der Waals surface area contributed by atoms with Crippen LogP contribution in [0.4, 0.5) is 5.82 Å². The molecule has 1 fully saturated rings. The Balaban J connectivity index is 2.09. The highest BCUT2D eigenvalue weighted by Crippen LogP contribution is 2.23. The number of anilines is 1. The molecule has 0 aromatic carbocycles. The first-order valence-corrected chi connectivity index (χ1v) is 7.31. The van der Waals surface area contributed by atoms with E-state index in [4.69, 9.17) is 10.5 Å². The fourth-order valence-corrected chi connectivity index (χ4v) is 2.60. The van der Waals surface area contributed by atoms with Gasteiger partial charge in [-0.15, -0.1) is 10.2 Å². The molecular weight excluding hydrogens is 270 g/mol. The van der Waals surface area contributed by atoms with Crippen molar-refractivity contribution in [3.05, 3.63) is 17.8 Å². The monoisotopic (exact) mass is 293 g/mol. The van der Waals surface area contributed by atoms with Crippen molar-refractivity contribution in [2.24, 2.45) is 5.73 Å². The standard InChI is InChI=1S/C14H23N5O2/c1-3-16-14(20)12-4-5-13(18-17-12)19-7-6-11(21-2)8-10(19)9-15/h4-5,10-11H,3,6-9,15H2,1-2H3,(H,16,20). The number of carbonyl (C=O) groups excluding carboxylic acids is 1. The van der Waals surface area contributed by atoms with E-state index >= 15 is 0 Å². The van der Waals surface area contributed by atoms with Gasteiger partial charge in [-0.3, -0.25) is 4.79 Å². The van der Waals surface area contributed by atoms with E-state index in [0.29, 0.717) is 18.8 Å². The number of hydrogen-bond donors (Lipinski definition) is 2. The summed E-state index contributed by atoms with van der Waals surface area (Å²) in [5.74, 6) is 0.554. The predicted molar refractivity (Wildman–Crippen MR) is 80.3 cm³/mol. The van der Waals surface area contributed by atoms with Crippen molar-refractivity contribution in [2.75, 3.05) is 31.6 Å². The van der Waals surface area contributed by atoms with Crippen molar-refractivity contribution in [3.8, 4) is 0 Å². The summed E-state index contributed by atoms with van der Waals surface area (Å²) < 4.78 is 5.41. The van der Waals surface area contributed by atoms with E-state index in [1.54, 1.807) is 13.2 Å². The number of nitrogens with two attached hydrogens (primary N) is 1. The molecule has 1 saturated heterocycles. The van der Waals surface area contributed by atoms with Gasteiger partial charge in [0.2, 0.25) is 0 Å². The number of piperidine rings is 1. The molecule has 2 rings (SSSR count). The Hall–Kier alpha value is -1.73. The van der Waals surface area contributed by atoms with Crippen LogP contribution in [0.1, 0.15) is 30.3 Å². The number of amides is 1. The molecule has 0 bridgehead atoms. The van der Waals surface area contributed by atoms with Crippen molar-refractivity contribution in [2.45, 2.75) is 31.9 Å². The van der Waals surface area contributed by atoms with E-state index < -0.39 is 0 Å². The van der Waals surface area contributed by atoms with Crippen molar-refractivity contribution in [1.82, 2.24) is 15.5 Å². The van der Waals surface area contributed by atoms with Crippen molar-refractivity contribution in [3.63, 3.8) is 0 Å². The average Bonchev–Trinajstić information content (AvgIpc) is 2.54. The van der Waals surface area contributed by atoms with Crippen LogP contribution in [0.25, 0.3) is 0 Å². The van der Waals surface area contributed by atoms with E-state index in [1.807, 2.05) is 13.0 Å². The lowest BCUT2D eigenvalue weighted by Crippen LogP contribution is -2.49. The van der Waals surface area contributed by atoms with Crippen molar-refractivity contribution >= 4 is 11.7 Å². The quantitative estimate of drug-likeness (QED) is 0.804. The molecule has 1 aromatic rings. The zero-order valence-electron chi connectivity index (χ0n) is 12.6. The smallest absolute Gasteiger partial charge is 0.271 e. The second-order valence-electron chi connectivity index (χ2n) is 5.10. The summed E-state index contributed by atoms with van der Waals surface area (Å²) in [5, 5.41) is 10.9. The van der Waals surface area contributed by atoms with Gasteiger partial charge in [-0.2, -0.15) is 0 Å². The zero-order chi connectivity index (χ0) is 15.2. The molecule has 1 amide bonds. The zero-order valence-corrected chi connectivity index (χ0v) is 12.6. The van der Waals surface area contributed by atoms with Crippen molar-refractivity contribution < 1.29 is 9.53 Å². The molecule has 21 heavy (non-hydrogen) atoms. The van der Waals surface area contributed by atoms with Crippen LogP contribution in [-0.4, -0.2) is 55.0 Å². The van der Waals surface area contributed by atoms with Gasteiger partial charge in [0.25, 0.3) is 5.91 Å². The van der Waals surface area contributed by atoms with Gasteiger partial charge in [0, 0.05) is 32.8 Å². The molecular formula is C14H23N5O2. The SMILES string of the molecule is CCNC(=O)c1ccc(N2CCC(OC)CC2CN)nn1. The number of rotatable bonds is 5. The van der Waals surface area contributed by atoms with Gasteiger partial charge in [-0.25, -0.2) is 0 Å². The molecule has 0 spiro atoms. The fraction of sp³-hybridized carbons (Fsp3) is 0.643. The Labute approximate surface area is 124 Å². The van der Waals surface area contributed by atoms with Gasteiger partial charge < -0.3 is 20.7 Å². The molecule has 1 aromatic heterocycles. The third-order valence-electron chi connectivity index (χ3n) is 3.79. The predicted octanol–water partition coefficient (Wildman–Crippen LogP) is 0.169. The van der Waals surface area contributed by atoms with Gasteiger partial charge in [-0.1, -0.05) is 0 Å². The summed E-state index contributed by atoms with van der Waals surface area (Å²) in [7, 11) is 1.73. The lowest BCUT2D eigenvalue weighted by molar-refractivity contribution is 0.0707. The van der Waals surface area contributed by atoms with Crippen LogP contribution in [-0.2, 0) is 4.74 Å². The van der Waals surface area contributed by atoms with Crippen LogP contribution in [0.2, 0.25) is 0 Å². The molecule has 0 saturated carbocycles. The molecule has 1 aliphatic rings. The molecule has 7 nitrogen and oxygen atoms in total. The first-order valence-electron chi connectivity index (χ1n) is 7.31. The molecule has 2 unspecified atom stereocenters. The lowest BCUT2D eigenvalue weighted by atomic mass is 9.99. The number of aromatic nitrogens is 2. The van der Waals surface area contributed by atoms with Crippen LogP contribution >= 0.6 is 0 Å². The summed E-state index contributed by atoms with van der Waals surface area (Å²) in [6.45, 7) is 3.81. The normalized spacial score (nSPS) is 22.1. The third-order valence-corrected chi connectivity index (χ3v) is 3.79. The Bertz CT molecular complexity index is 465. The summed E-state index contributed by atoms with van der Waals surface area (Å²) in [6.07, 6.45) is 2.07. The van der Waals surface area contributed by atoms with E-state index in [-0.39, 0.29) is 18.1 Å².